The molecule has 1 atom stereocenters. The van der Waals surface area contributed by atoms with Crippen molar-refractivity contribution in [2.24, 2.45) is 0 Å². The van der Waals surface area contributed by atoms with Gasteiger partial charge in [0.2, 0.25) is 5.95 Å². The van der Waals surface area contributed by atoms with Crippen LogP contribution in [0.15, 0.2) is 78.3 Å². The van der Waals surface area contributed by atoms with Crippen molar-refractivity contribution in [2.75, 3.05) is 17.7 Å². The maximum absolute atomic E-state index is 13.6. The maximum atomic E-state index is 13.6. The van der Waals surface area contributed by atoms with Gasteiger partial charge in [0.15, 0.2) is 5.82 Å². The third-order valence-corrected chi connectivity index (χ3v) is 6.37. The summed E-state index contributed by atoms with van der Waals surface area (Å²) >= 11 is 12.3. The molecule has 176 valence electrons. The first-order valence-corrected chi connectivity index (χ1v) is 11.5. The summed E-state index contributed by atoms with van der Waals surface area (Å²) in [6, 6.07) is 15.6. The summed E-state index contributed by atoms with van der Waals surface area (Å²) in [6.07, 6.45) is 3.23. The van der Waals surface area contributed by atoms with Crippen molar-refractivity contribution in [2.45, 2.75) is 13.0 Å². The number of aromatic nitrogens is 4. The largest absolute Gasteiger partial charge is 0.496 e. The van der Waals surface area contributed by atoms with E-state index in [4.69, 9.17) is 33.0 Å². The standard InChI is InChI=1S/C25H20Cl2N6O2/c1-14-21(24(34)30-16-6-5-11-28-13-16)22(17-7-3-4-8-20(17)35-2)33-25(29-14)31-23(32-33)15-9-10-18(26)19(27)12-15/h3-13,22H,1-2H3,(H,30,34)(H,29,31,32). The van der Waals surface area contributed by atoms with Gasteiger partial charge in [0.25, 0.3) is 5.91 Å². The first-order valence-electron chi connectivity index (χ1n) is 10.7. The molecule has 1 aliphatic rings. The highest BCUT2D eigenvalue weighted by atomic mass is 35.5. The van der Waals surface area contributed by atoms with Crippen molar-refractivity contribution >= 4 is 40.7 Å². The number of carbonyl (C=O) groups excluding carboxylic acids is 1. The number of hydrogen-bond donors (Lipinski definition) is 2. The molecule has 2 aromatic carbocycles. The van der Waals surface area contributed by atoms with E-state index < -0.39 is 6.04 Å². The first-order chi connectivity index (χ1) is 17.0. The van der Waals surface area contributed by atoms with Crippen LogP contribution in [-0.4, -0.2) is 32.8 Å². The van der Waals surface area contributed by atoms with Gasteiger partial charge in [0, 0.05) is 23.0 Å². The number of carbonyl (C=O) groups is 1. The van der Waals surface area contributed by atoms with Crippen LogP contribution in [0.3, 0.4) is 0 Å². The number of benzene rings is 2. The molecule has 4 aromatic rings. The summed E-state index contributed by atoms with van der Waals surface area (Å²) in [7, 11) is 1.59. The predicted molar refractivity (Wildman–Crippen MR) is 136 cm³/mol. The number of anilines is 2. The van der Waals surface area contributed by atoms with Gasteiger partial charge in [-0.25, -0.2) is 4.68 Å². The van der Waals surface area contributed by atoms with Crippen LogP contribution in [0.1, 0.15) is 18.5 Å². The van der Waals surface area contributed by atoms with E-state index in [1.165, 1.54) is 0 Å². The number of amides is 1. The number of para-hydroxylation sites is 1. The summed E-state index contributed by atoms with van der Waals surface area (Å²) in [5.74, 6) is 1.25. The maximum Gasteiger partial charge on any atom is 0.255 e. The summed E-state index contributed by atoms with van der Waals surface area (Å²) in [6.45, 7) is 1.83. The second kappa shape index (κ2) is 9.40. The molecule has 1 aliphatic heterocycles. The van der Waals surface area contributed by atoms with E-state index in [9.17, 15) is 4.79 Å². The van der Waals surface area contributed by atoms with Crippen LogP contribution >= 0.6 is 23.2 Å². The highest BCUT2D eigenvalue weighted by Gasteiger charge is 2.36. The van der Waals surface area contributed by atoms with Crippen LogP contribution < -0.4 is 15.4 Å². The van der Waals surface area contributed by atoms with E-state index in [1.807, 2.05) is 31.2 Å². The number of nitrogens with one attached hydrogen (secondary N) is 2. The van der Waals surface area contributed by atoms with Gasteiger partial charge in [-0.15, -0.1) is 5.10 Å². The molecule has 1 amide bonds. The molecule has 5 rings (SSSR count). The van der Waals surface area contributed by atoms with E-state index in [0.29, 0.717) is 50.1 Å². The Kier molecular flexibility index (Phi) is 6.15. The van der Waals surface area contributed by atoms with Crippen molar-refractivity contribution in [3.8, 4) is 17.1 Å². The molecule has 0 aliphatic carbocycles. The minimum absolute atomic E-state index is 0.295. The van der Waals surface area contributed by atoms with E-state index in [0.717, 1.165) is 5.56 Å². The average Bonchev–Trinajstić information content (AvgIpc) is 3.29. The van der Waals surface area contributed by atoms with Gasteiger partial charge in [-0.3, -0.25) is 9.78 Å². The van der Waals surface area contributed by atoms with Gasteiger partial charge in [-0.1, -0.05) is 41.4 Å². The molecular weight excluding hydrogens is 487 g/mol. The molecule has 0 spiro atoms. The predicted octanol–water partition coefficient (Wildman–Crippen LogP) is 5.58. The van der Waals surface area contributed by atoms with Crippen molar-refractivity contribution in [1.29, 1.82) is 0 Å². The lowest BCUT2D eigenvalue weighted by Gasteiger charge is -2.29. The second-order valence-electron chi connectivity index (χ2n) is 7.84. The lowest BCUT2D eigenvalue weighted by Crippen LogP contribution is -2.31. The molecule has 0 fully saturated rings. The zero-order valence-corrected chi connectivity index (χ0v) is 20.3. The Balaban J connectivity index is 1.64. The molecule has 0 saturated carbocycles. The summed E-state index contributed by atoms with van der Waals surface area (Å²) in [4.78, 5) is 22.3. The summed E-state index contributed by atoms with van der Waals surface area (Å²) in [5.41, 5.74) is 3.15. The molecule has 10 heteroatoms. The molecule has 35 heavy (non-hydrogen) atoms. The average molecular weight is 507 g/mol. The van der Waals surface area contributed by atoms with Gasteiger partial charge >= 0.3 is 0 Å². The number of methoxy groups -OCH3 is 1. The Morgan fingerprint density at radius 3 is 2.69 bits per heavy atom. The molecule has 0 radical (unpaired) electrons. The minimum Gasteiger partial charge on any atom is -0.496 e. The topological polar surface area (TPSA) is 94.0 Å². The highest BCUT2D eigenvalue weighted by Crippen LogP contribution is 2.40. The molecule has 8 nitrogen and oxygen atoms in total. The van der Waals surface area contributed by atoms with E-state index in [-0.39, 0.29) is 5.91 Å². The van der Waals surface area contributed by atoms with Gasteiger partial charge in [0.05, 0.1) is 34.6 Å². The van der Waals surface area contributed by atoms with Crippen LogP contribution in [0.2, 0.25) is 10.0 Å². The normalized spacial score (nSPS) is 14.8. The second-order valence-corrected chi connectivity index (χ2v) is 8.65. The van der Waals surface area contributed by atoms with E-state index in [2.05, 4.69) is 20.6 Å². The monoisotopic (exact) mass is 506 g/mol. The smallest absolute Gasteiger partial charge is 0.255 e. The van der Waals surface area contributed by atoms with Crippen LogP contribution in [0.25, 0.3) is 11.4 Å². The third kappa shape index (κ3) is 4.34. The Morgan fingerprint density at radius 1 is 1.11 bits per heavy atom. The van der Waals surface area contributed by atoms with Crippen LogP contribution in [0, 0.1) is 0 Å². The number of pyridine rings is 1. The Morgan fingerprint density at radius 2 is 1.94 bits per heavy atom. The Bertz CT molecular complexity index is 1450. The van der Waals surface area contributed by atoms with Crippen molar-refractivity contribution < 1.29 is 9.53 Å². The summed E-state index contributed by atoms with van der Waals surface area (Å²) in [5, 5.41) is 11.8. The van der Waals surface area contributed by atoms with Gasteiger partial charge in [-0.2, -0.15) is 4.98 Å². The molecule has 1 unspecified atom stereocenters. The molecular formula is C25H20Cl2N6O2. The molecule has 2 N–H and O–H groups in total. The molecule has 0 bridgehead atoms. The number of nitrogens with zero attached hydrogens (tertiary/aromatic N) is 4. The van der Waals surface area contributed by atoms with Crippen LogP contribution in [-0.2, 0) is 4.79 Å². The van der Waals surface area contributed by atoms with Gasteiger partial charge in [-0.05, 0) is 43.3 Å². The zero-order valence-electron chi connectivity index (χ0n) is 18.8. The number of ether oxygens (including phenoxy) is 1. The molecule has 0 saturated heterocycles. The highest BCUT2D eigenvalue weighted by molar-refractivity contribution is 6.42. The number of halogens is 2. The van der Waals surface area contributed by atoms with Crippen molar-refractivity contribution in [1.82, 2.24) is 19.7 Å². The van der Waals surface area contributed by atoms with Gasteiger partial charge < -0.3 is 15.4 Å². The SMILES string of the molecule is COc1ccccc1C1C(C(=O)Nc2cccnc2)=C(C)Nc2nc(-c3ccc(Cl)c(Cl)c3)nn21. The van der Waals surface area contributed by atoms with Gasteiger partial charge in [0.1, 0.15) is 11.8 Å². The quantitative estimate of drug-likeness (QED) is 0.366. The molecule has 3 heterocycles. The number of rotatable bonds is 5. The van der Waals surface area contributed by atoms with Crippen LogP contribution in [0.4, 0.5) is 11.6 Å². The lowest BCUT2D eigenvalue weighted by molar-refractivity contribution is -0.113. The third-order valence-electron chi connectivity index (χ3n) is 5.63. The zero-order chi connectivity index (χ0) is 24.5. The number of allylic oxidation sites excluding steroid dienone is 1. The Labute approximate surface area is 211 Å². The van der Waals surface area contributed by atoms with Crippen LogP contribution in [0.5, 0.6) is 5.75 Å². The fraction of sp³-hybridized carbons (Fsp3) is 0.120. The van der Waals surface area contributed by atoms with E-state index in [1.54, 1.807) is 54.5 Å². The molecule has 2 aromatic heterocycles. The number of fused-ring (bicyclic) bond motifs is 1. The van der Waals surface area contributed by atoms with E-state index >= 15 is 0 Å². The Hall–Kier alpha value is -3.88. The number of hydrogen-bond acceptors (Lipinski definition) is 6. The first kappa shape index (κ1) is 22.9. The fourth-order valence-electron chi connectivity index (χ4n) is 4.02. The van der Waals surface area contributed by atoms with Crippen molar-refractivity contribution in [3.05, 3.63) is 93.9 Å². The summed E-state index contributed by atoms with van der Waals surface area (Å²) < 4.78 is 7.32. The minimum atomic E-state index is -0.608. The fourth-order valence-corrected chi connectivity index (χ4v) is 4.32. The van der Waals surface area contributed by atoms with Crippen molar-refractivity contribution in [3.63, 3.8) is 0 Å². The lowest BCUT2D eigenvalue weighted by atomic mass is 9.94.